The van der Waals surface area contributed by atoms with Crippen LogP contribution in [0.15, 0.2) is 9.37 Å². The van der Waals surface area contributed by atoms with Gasteiger partial charge < -0.3 is 5.73 Å². The van der Waals surface area contributed by atoms with E-state index in [1.807, 2.05) is 20.8 Å². The third-order valence-corrected chi connectivity index (χ3v) is 4.41. The SMILES string of the molecule is CCc1nsc(Sc2nnc(C)c(C)c2C(=N)N)n1. The van der Waals surface area contributed by atoms with Gasteiger partial charge in [0.2, 0.25) is 0 Å². The van der Waals surface area contributed by atoms with Crippen LogP contribution in [0.25, 0.3) is 0 Å². The molecule has 100 valence electrons. The Morgan fingerprint density at radius 3 is 2.68 bits per heavy atom. The minimum Gasteiger partial charge on any atom is -0.384 e. The van der Waals surface area contributed by atoms with Gasteiger partial charge in [0.05, 0.1) is 11.3 Å². The van der Waals surface area contributed by atoms with Crippen LogP contribution in [0.3, 0.4) is 0 Å². The van der Waals surface area contributed by atoms with Gasteiger partial charge in [-0.25, -0.2) is 4.98 Å². The summed E-state index contributed by atoms with van der Waals surface area (Å²) in [5.41, 5.74) is 7.93. The molecule has 2 heterocycles. The Morgan fingerprint density at radius 2 is 2.11 bits per heavy atom. The summed E-state index contributed by atoms with van der Waals surface area (Å²) in [6, 6.07) is 0. The first-order valence-electron chi connectivity index (χ1n) is 5.71. The van der Waals surface area contributed by atoms with Crippen molar-refractivity contribution in [3.05, 3.63) is 22.6 Å². The fourth-order valence-electron chi connectivity index (χ4n) is 1.48. The molecule has 0 radical (unpaired) electrons. The average Bonchev–Trinajstić information content (AvgIpc) is 2.81. The molecule has 0 amide bonds. The van der Waals surface area contributed by atoms with Gasteiger partial charge in [0.15, 0.2) is 4.34 Å². The first-order valence-corrected chi connectivity index (χ1v) is 7.30. The number of aromatic nitrogens is 4. The van der Waals surface area contributed by atoms with Gasteiger partial charge in [0, 0.05) is 6.42 Å². The first kappa shape index (κ1) is 13.9. The van der Waals surface area contributed by atoms with E-state index in [4.69, 9.17) is 11.1 Å². The second kappa shape index (κ2) is 5.62. The number of nitrogens with two attached hydrogens (primary N) is 1. The number of hydrogen-bond donors (Lipinski definition) is 2. The number of nitrogens with zero attached hydrogens (tertiary/aromatic N) is 4. The van der Waals surface area contributed by atoms with Gasteiger partial charge in [-0.3, -0.25) is 5.41 Å². The molecule has 0 aromatic carbocycles. The summed E-state index contributed by atoms with van der Waals surface area (Å²) in [4.78, 5) is 4.37. The molecule has 19 heavy (non-hydrogen) atoms. The van der Waals surface area contributed by atoms with Crippen LogP contribution in [-0.4, -0.2) is 25.4 Å². The molecule has 2 aromatic rings. The molecule has 0 bridgehead atoms. The number of rotatable bonds is 4. The maximum absolute atomic E-state index is 7.68. The summed E-state index contributed by atoms with van der Waals surface area (Å²) in [6.45, 7) is 5.75. The van der Waals surface area contributed by atoms with Gasteiger partial charge in [0.1, 0.15) is 16.7 Å². The van der Waals surface area contributed by atoms with Crippen molar-refractivity contribution in [1.82, 2.24) is 19.6 Å². The minimum atomic E-state index is -0.00164. The summed E-state index contributed by atoms with van der Waals surface area (Å²) >= 11 is 2.67. The molecule has 0 aliphatic heterocycles. The van der Waals surface area contributed by atoms with E-state index < -0.39 is 0 Å². The van der Waals surface area contributed by atoms with Crippen molar-refractivity contribution in [3.8, 4) is 0 Å². The van der Waals surface area contributed by atoms with E-state index in [1.165, 1.54) is 23.3 Å². The summed E-state index contributed by atoms with van der Waals surface area (Å²) < 4.78 is 5.01. The Hall–Kier alpha value is -1.54. The zero-order valence-corrected chi connectivity index (χ0v) is 12.5. The van der Waals surface area contributed by atoms with Gasteiger partial charge in [0.25, 0.3) is 0 Å². The number of hydrogen-bond acceptors (Lipinski definition) is 7. The Morgan fingerprint density at radius 1 is 1.37 bits per heavy atom. The fourth-order valence-corrected chi connectivity index (χ4v) is 3.24. The van der Waals surface area contributed by atoms with Crippen molar-refractivity contribution in [2.24, 2.45) is 5.73 Å². The van der Waals surface area contributed by atoms with Crippen molar-refractivity contribution in [2.45, 2.75) is 36.6 Å². The van der Waals surface area contributed by atoms with E-state index in [1.54, 1.807) is 0 Å². The molecule has 0 aliphatic rings. The Labute approximate surface area is 119 Å². The predicted molar refractivity (Wildman–Crippen MR) is 75.9 cm³/mol. The van der Waals surface area contributed by atoms with Gasteiger partial charge in [-0.05, 0) is 42.7 Å². The van der Waals surface area contributed by atoms with Crippen molar-refractivity contribution < 1.29 is 0 Å². The smallest absolute Gasteiger partial charge is 0.176 e. The fraction of sp³-hybridized carbons (Fsp3) is 0.364. The maximum atomic E-state index is 7.68. The van der Waals surface area contributed by atoms with Crippen molar-refractivity contribution in [1.29, 1.82) is 5.41 Å². The van der Waals surface area contributed by atoms with Crippen LogP contribution in [-0.2, 0) is 6.42 Å². The zero-order chi connectivity index (χ0) is 14.0. The first-order chi connectivity index (χ1) is 9.02. The predicted octanol–water partition coefficient (Wildman–Crippen LogP) is 1.94. The van der Waals surface area contributed by atoms with E-state index in [-0.39, 0.29) is 5.84 Å². The lowest BCUT2D eigenvalue weighted by molar-refractivity contribution is 0.871. The molecule has 0 saturated carbocycles. The molecule has 3 N–H and O–H groups in total. The molecule has 0 spiro atoms. The number of nitrogens with one attached hydrogen (secondary N) is 1. The Balaban J connectivity index is 2.39. The van der Waals surface area contributed by atoms with Crippen LogP contribution >= 0.6 is 23.3 Å². The Kier molecular flexibility index (Phi) is 4.11. The average molecular weight is 294 g/mol. The van der Waals surface area contributed by atoms with E-state index in [2.05, 4.69) is 19.6 Å². The molecule has 2 rings (SSSR count). The lowest BCUT2D eigenvalue weighted by Gasteiger charge is -2.09. The number of amidine groups is 1. The molecule has 0 fully saturated rings. The summed E-state index contributed by atoms with van der Waals surface area (Å²) in [6.07, 6.45) is 0.801. The summed E-state index contributed by atoms with van der Waals surface area (Å²) in [5.74, 6) is 0.812. The van der Waals surface area contributed by atoms with Crippen LogP contribution in [0.1, 0.15) is 29.6 Å². The molecular weight excluding hydrogens is 280 g/mol. The molecule has 0 aliphatic carbocycles. The number of nitrogen functional groups attached to an aromatic ring is 1. The zero-order valence-electron chi connectivity index (χ0n) is 10.9. The third-order valence-electron chi connectivity index (χ3n) is 2.64. The van der Waals surface area contributed by atoms with Gasteiger partial charge in [-0.2, -0.15) is 9.47 Å². The third kappa shape index (κ3) is 2.90. The van der Waals surface area contributed by atoms with E-state index in [0.29, 0.717) is 10.6 Å². The largest absolute Gasteiger partial charge is 0.384 e. The second-order valence-electron chi connectivity index (χ2n) is 3.94. The van der Waals surface area contributed by atoms with Crippen molar-refractivity contribution in [3.63, 3.8) is 0 Å². The van der Waals surface area contributed by atoms with Crippen LogP contribution < -0.4 is 5.73 Å². The highest BCUT2D eigenvalue weighted by Gasteiger charge is 2.16. The normalized spacial score (nSPS) is 10.7. The van der Waals surface area contributed by atoms with Gasteiger partial charge in [-0.1, -0.05) is 6.92 Å². The Bertz CT molecular complexity index is 622. The lowest BCUT2D eigenvalue weighted by Crippen LogP contribution is -2.16. The van der Waals surface area contributed by atoms with Crippen LogP contribution in [0.5, 0.6) is 0 Å². The summed E-state index contributed by atoms with van der Waals surface area (Å²) in [7, 11) is 0. The molecule has 2 aromatic heterocycles. The van der Waals surface area contributed by atoms with Gasteiger partial charge >= 0.3 is 0 Å². The van der Waals surface area contributed by atoms with Crippen molar-refractivity contribution in [2.75, 3.05) is 0 Å². The van der Waals surface area contributed by atoms with Crippen LogP contribution in [0.2, 0.25) is 0 Å². The molecule has 6 nitrogen and oxygen atoms in total. The number of aryl methyl sites for hydroxylation is 2. The molecular formula is C11H14N6S2. The monoisotopic (exact) mass is 294 g/mol. The molecule has 0 saturated heterocycles. The van der Waals surface area contributed by atoms with E-state index in [0.717, 1.165) is 27.8 Å². The van der Waals surface area contributed by atoms with Gasteiger partial charge in [-0.15, -0.1) is 5.10 Å². The highest BCUT2D eigenvalue weighted by atomic mass is 32.2. The van der Waals surface area contributed by atoms with E-state index >= 15 is 0 Å². The minimum absolute atomic E-state index is 0.00164. The summed E-state index contributed by atoms with van der Waals surface area (Å²) in [5, 5.41) is 16.5. The second-order valence-corrected chi connectivity index (χ2v) is 5.92. The standard InChI is InChI=1S/C11H14N6S2/c1-4-7-14-11(19-17-7)18-10-8(9(12)13)5(2)6(3)15-16-10/h4H2,1-3H3,(H3,12,13). The highest BCUT2D eigenvalue weighted by molar-refractivity contribution is 8.01. The van der Waals surface area contributed by atoms with Crippen molar-refractivity contribution >= 4 is 29.1 Å². The quantitative estimate of drug-likeness (QED) is 0.660. The topological polar surface area (TPSA) is 101 Å². The molecule has 8 heteroatoms. The molecule has 0 unspecified atom stereocenters. The van der Waals surface area contributed by atoms with Crippen LogP contribution in [0.4, 0.5) is 0 Å². The lowest BCUT2D eigenvalue weighted by atomic mass is 10.1. The van der Waals surface area contributed by atoms with E-state index in [9.17, 15) is 0 Å². The molecule has 0 atom stereocenters. The highest BCUT2D eigenvalue weighted by Crippen LogP contribution is 2.31. The maximum Gasteiger partial charge on any atom is 0.176 e. The van der Waals surface area contributed by atoms with Crippen LogP contribution in [0, 0.1) is 19.3 Å².